The Bertz CT molecular complexity index is 550. The van der Waals surface area contributed by atoms with Gasteiger partial charge in [-0.15, -0.1) is 0 Å². The number of halogens is 2. The minimum absolute atomic E-state index is 0. The Kier molecular flexibility index (Phi) is 5.84. The molecule has 0 N–H and O–H groups in total. The van der Waals surface area contributed by atoms with Gasteiger partial charge in [-0.1, -0.05) is 0 Å². The monoisotopic (exact) mass is 441 g/mol. The van der Waals surface area contributed by atoms with Gasteiger partial charge in [-0.3, -0.25) is 0 Å². The molecule has 1 aliphatic rings. The third-order valence-electron chi connectivity index (χ3n) is 3.00. The number of hydrogen-bond acceptors (Lipinski definition) is 0. The number of rotatable bonds is 1. The van der Waals surface area contributed by atoms with Crippen molar-refractivity contribution in [1.82, 2.24) is 0 Å². The van der Waals surface area contributed by atoms with Crippen LogP contribution in [0.25, 0.3) is 17.2 Å². The molecule has 1 aliphatic carbocycles. The maximum absolute atomic E-state index is 2.33. The Labute approximate surface area is 135 Å². The fourth-order valence-corrected chi connectivity index (χ4v) is 3.41. The molecule has 0 amide bonds. The van der Waals surface area contributed by atoms with Crippen molar-refractivity contribution in [1.29, 1.82) is 0 Å². The molecule has 0 saturated heterocycles. The molecule has 1 unspecified atom stereocenters. The number of allylic oxidation sites excluding steroid dienone is 1. The van der Waals surface area contributed by atoms with Crippen LogP contribution in [0, 0.1) is 0 Å². The second-order valence-corrected chi connectivity index (χ2v) is 6.28. The van der Waals surface area contributed by atoms with Gasteiger partial charge < -0.3 is 24.8 Å². The van der Waals surface area contributed by atoms with Crippen molar-refractivity contribution >= 4 is 6.08 Å². The summed E-state index contributed by atoms with van der Waals surface area (Å²) in [6.45, 7) is 0. The van der Waals surface area contributed by atoms with Gasteiger partial charge in [-0.25, -0.2) is 0 Å². The van der Waals surface area contributed by atoms with Crippen molar-refractivity contribution in [3.8, 4) is 11.1 Å². The van der Waals surface area contributed by atoms with E-state index in [1.54, 1.807) is 0 Å². The summed E-state index contributed by atoms with van der Waals surface area (Å²) in [5.41, 5.74) is 5.53. The minimum atomic E-state index is 0. The van der Waals surface area contributed by atoms with E-state index in [1.165, 1.54) is 46.6 Å². The van der Waals surface area contributed by atoms with Gasteiger partial charge in [0.1, 0.15) is 0 Å². The van der Waals surface area contributed by atoms with Gasteiger partial charge in [0.05, 0.1) is 0 Å². The molecule has 2 aromatic carbocycles. The maximum atomic E-state index is 2.33. The van der Waals surface area contributed by atoms with Gasteiger partial charge in [-0.05, 0) is 0 Å². The van der Waals surface area contributed by atoms with Crippen LogP contribution in [0.5, 0.6) is 0 Å². The fraction of sp³-hybridized carbons (Fsp3) is 0.0667. The van der Waals surface area contributed by atoms with Crippen LogP contribution in [0.1, 0.15) is 14.8 Å². The van der Waals surface area contributed by atoms with Crippen LogP contribution in [0.4, 0.5) is 0 Å². The Morgan fingerprint density at radius 1 is 0.833 bits per heavy atom. The molecule has 0 nitrogen and oxygen atoms in total. The molecule has 89 valence electrons. The molecule has 3 rings (SSSR count). The molecule has 3 heteroatoms. The van der Waals surface area contributed by atoms with Crippen LogP contribution >= 0.6 is 0 Å². The normalized spacial score (nSPS) is 15.6. The van der Waals surface area contributed by atoms with E-state index in [1.807, 2.05) is 0 Å². The number of benzene rings is 2. The molecule has 0 radical (unpaired) electrons. The Balaban J connectivity index is 0.000000810. The summed E-state index contributed by atoms with van der Waals surface area (Å²) in [4.78, 5) is 0. The van der Waals surface area contributed by atoms with Crippen LogP contribution in [0.15, 0.2) is 54.6 Å². The van der Waals surface area contributed by atoms with Crippen molar-refractivity contribution in [2.45, 2.75) is 3.67 Å². The molecular formula is C15H11Cl2Hf. The molecule has 2 aromatic rings. The summed E-state index contributed by atoms with van der Waals surface area (Å²) >= 11 is 1.21. The van der Waals surface area contributed by atoms with Crippen LogP contribution in [-0.4, -0.2) is 0 Å². The first-order chi connectivity index (χ1) is 7.84. The molecule has 0 aromatic heterocycles. The molecule has 0 bridgehead atoms. The van der Waals surface area contributed by atoms with Gasteiger partial charge in [-0.2, -0.15) is 0 Å². The summed E-state index contributed by atoms with van der Waals surface area (Å²) in [7, 11) is 0. The van der Waals surface area contributed by atoms with E-state index in [2.05, 4.69) is 60.7 Å². The SMILES string of the molecule is [Cl-].[Cl-].[Hf+2][CH]1C=Cc2cc(-c3ccccc3)ccc21. The van der Waals surface area contributed by atoms with E-state index in [0.29, 0.717) is 3.67 Å². The standard InChI is InChI=1S/C15H11.2ClH.Hf/c1-2-5-12(6-3-1)15-10-9-13-7-4-8-14(13)11-15;;;/h1-11H;2*1H;/q;;;+2/p-2. The quantitative estimate of drug-likeness (QED) is 0.449. The summed E-state index contributed by atoms with van der Waals surface area (Å²) in [5, 5.41) is 0. The summed E-state index contributed by atoms with van der Waals surface area (Å²) in [6, 6.07) is 17.4. The molecule has 0 spiro atoms. The second-order valence-electron chi connectivity index (χ2n) is 4.05. The van der Waals surface area contributed by atoms with Crippen molar-refractivity contribution in [3.05, 3.63) is 65.7 Å². The van der Waals surface area contributed by atoms with Crippen molar-refractivity contribution in [3.63, 3.8) is 0 Å². The van der Waals surface area contributed by atoms with Crippen molar-refractivity contribution in [2.24, 2.45) is 0 Å². The van der Waals surface area contributed by atoms with Gasteiger partial charge >= 0.3 is 111 Å². The van der Waals surface area contributed by atoms with E-state index in [-0.39, 0.29) is 24.8 Å². The van der Waals surface area contributed by atoms with E-state index in [4.69, 9.17) is 0 Å². The van der Waals surface area contributed by atoms with Gasteiger partial charge in [0.25, 0.3) is 0 Å². The Morgan fingerprint density at radius 3 is 2.28 bits per heavy atom. The third-order valence-corrected chi connectivity index (χ3v) is 4.81. The molecule has 0 fully saturated rings. The van der Waals surface area contributed by atoms with E-state index in [0.717, 1.165) is 0 Å². The summed E-state index contributed by atoms with van der Waals surface area (Å²) in [6.07, 6.45) is 4.59. The first-order valence-corrected chi connectivity index (χ1v) is 7.51. The Morgan fingerprint density at radius 2 is 1.56 bits per heavy atom. The number of hydrogen-bond donors (Lipinski definition) is 0. The third kappa shape index (κ3) is 2.96. The molecule has 1 atom stereocenters. The van der Waals surface area contributed by atoms with Crippen molar-refractivity contribution in [2.75, 3.05) is 0 Å². The average molecular weight is 441 g/mol. The number of fused-ring (bicyclic) bond motifs is 1. The molecule has 0 saturated carbocycles. The fourth-order valence-electron chi connectivity index (χ4n) is 2.12. The molecule has 18 heavy (non-hydrogen) atoms. The zero-order valence-corrected chi connectivity index (χ0v) is 14.7. The van der Waals surface area contributed by atoms with E-state index >= 15 is 0 Å². The average Bonchev–Trinajstić information content (AvgIpc) is 2.72. The zero-order valence-electron chi connectivity index (χ0n) is 9.61. The summed E-state index contributed by atoms with van der Waals surface area (Å²) in [5.74, 6) is 0. The van der Waals surface area contributed by atoms with Crippen molar-refractivity contribution < 1.29 is 49.2 Å². The van der Waals surface area contributed by atoms with Crippen LogP contribution in [0.3, 0.4) is 0 Å². The topological polar surface area (TPSA) is 0 Å². The zero-order chi connectivity index (χ0) is 11.0. The molecule has 0 aliphatic heterocycles. The predicted octanol–water partition coefficient (Wildman–Crippen LogP) is -2.02. The second kappa shape index (κ2) is 6.70. The van der Waals surface area contributed by atoms with E-state index in [9.17, 15) is 0 Å². The predicted molar refractivity (Wildman–Crippen MR) is 63.7 cm³/mol. The van der Waals surface area contributed by atoms with Gasteiger partial charge in [0.15, 0.2) is 0 Å². The first kappa shape index (κ1) is 15.7. The Hall–Kier alpha value is -0.370. The van der Waals surface area contributed by atoms with Crippen LogP contribution < -0.4 is 24.8 Å². The van der Waals surface area contributed by atoms with E-state index < -0.39 is 0 Å². The van der Waals surface area contributed by atoms with Crippen LogP contribution in [0.2, 0.25) is 0 Å². The van der Waals surface area contributed by atoms with Gasteiger partial charge in [0.2, 0.25) is 0 Å². The van der Waals surface area contributed by atoms with Gasteiger partial charge in [0, 0.05) is 0 Å². The molecular weight excluding hydrogens is 430 g/mol. The first-order valence-electron chi connectivity index (χ1n) is 5.43. The van der Waals surface area contributed by atoms with Crippen LogP contribution in [-0.2, 0) is 24.4 Å². The molecule has 0 heterocycles. The summed E-state index contributed by atoms with van der Waals surface area (Å²) < 4.78 is 0.708.